The van der Waals surface area contributed by atoms with E-state index in [9.17, 15) is 0 Å². The molecule has 1 saturated heterocycles. The van der Waals surface area contributed by atoms with E-state index in [1.165, 1.54) is 11.1 Å². The summed E-state index contributed by atoms with van der Waals surface area (Å²) >= 11 is 0. The number of benzene rings is 1. The number of allylic oxidation sites excluding steroid dienone is 10. The minimum Gasteiger partial charge on any atom is -0.347 e. The minimum atomic E-state index is -0.426. The van der Waals surface area contributed by atoms with Gasteiger partial charge in [-0.2, -0.15) is 0 Å². The zero-order valence-corrected chi connectivity index (χ0v) is 20.3. The fourth-order valence-electron chi connectivity index (χ4n) is 4.86. The summed E-state index contributed by atoms with van der Waals surface area (Å²) < 4.78 is 12.7. The average molecular weight is 442 g/mol. The molecule has 33 heavy (non-hydrogen) atoms. The zero-order valence-electron chi connectivity index (χ0n) is 20.3. The van der Waals surface area contributed by atoms with Gasteiger partial charge in [0.25, 0.3) is 0 Å². The maximum Gasteiger partial charge on any atom is 0.197 e. The van der Waals surface area contributed by atoms with Crippen molar-refractivity contribution in [2.45, 2.75) is 40.4 Å². The van der Waals surface area contributed by atoms with E-state index in [4.69, 9.17) is 14.5 Å². The topological polar surface area (TPSA) is 30.8 Å². The minimum absolute atomic E-state index is 0.0327. The molecule has 0 radical (unpaired) electrons. The molecule has 3 aliphatic rings. The molecule has 2 unspecified atom stereocenters. The molecule has 0 N–H and O–H groups in total. The Balaban J connectivity index is 1.63. The van der Waals surface area contributed by atoms with Crippen LogP contribution in [0.25, 0.3) is 5.70 Å². The third-order valence-corrected chi connectivity index (χ3v) is 6.90. The standard InChI is InChI=1S/C30H35NO2/c1-6-11-23(12-7-2)26-22(4)27(31-28(26)24-17-15-21(3)16-18-24)29-32-19-30(5,20-33-29)25-13-9-8-10-14-25/h6-13,15-18,22,25,29H,1,14,19-20H2,2-5H3/b12-7-,23-11+. The summed E-state index contributed by atoms with van der Waals surface area (Å²) in [6, 6.07) is 8.56. The Kier molecular flexibility index (Phi) is 7.11. The highest BCUT2D eigenvalue weighted by atomic mass is 16.7. The number of hydrogen-bond acceptors (Lipinski definition) is 3. The highest BCUT2D eigenvalue weighted by Crippen LogP contribution is 2.42. The monoisotopic (exact) mass is 441 g/mol. The van der Waals surface area contributed by atoms with Crippen molar-refractivity contribution in [3.05, 3.63) is 102 Å². The van der Waals surface area contributed by atoms with Crippen LogP contribution >= 0.6 is 0 Å². The lowest BCUT2D eigenvalue weighted by Gasteiger charge is -2.42. The molecule has 2 atom stereocenters. The maximum absolute atomic E-state index is 6.36. The van der Waals surface area contributed by atoms with Crippen LogP contribution in [0.3, 0.4) is 0 Å². The first-order valence-electron chi connectivity index (χ1n) is 11.9. The lowest BCUT2D eigenvalue weighted by Crippen LogP contribution is -2.47. The Labute approximate surface area is 198 Å². The number of aliphatic imine (C=N–C) groups is 1. The molecule has 1 aromatic rings. The van der Waals surface area contributed by atoms with Crippen LogP contribution in [0.1, 0.15) is 38.3 Å². The molecule has 2 heterocycles. The summed E-state index contributed by atoms with van der Waals surface area (Å²) in [5, 5.41) is 0. The molecule has 3 heteroatoms. The quantitative estimate of drug-likeness (QED) is 0.445. The molecule has 0 aromatic heterocycles. The third kappa shape index (κ3) is 4.80. The van der Waals surface area contributed by atoms with Crippen LogP contribution < -0.4 is 0 Å². The Morgan fingerprint density at radius 1 is 1.15 bits per heavy atom. The first kappa shape index (κ1) is 23.4. The molecule has 1 aromatic carbocycles. The van der Waals surface area contributed by atoms with Crippen LogP contribution in [0.5, 0.6) is 0 Å². The van der Waals surface area contributed by atoms with Crippen molar-refractivity contribution in [2.75, 3.05) is 13.2 Å². The van der Waals surface area contributed by atoms with E-state index in [0.717, 1.165) is 29.0 Å². The Morgan fingerprint density at radius 3 is 2.48 bits per heavy atom. The van der Waals surface area contributed by atoms with E-state index in [-0.39, 0.29) is 11.3 Å². The molecule has 0 spiro atoms. The SMILES string of the molecule is C=C/C=C(\C=C/C)C1=C(c2ccc(C)cc2)N=C(C2OCC(C)(C3C=CC=CC3)CO2)C1C. The highest BCUT2D eigenvalue weighted by Gasteiger charge is 2.42. The summed E-state index contributed by atoms with van der Waals surface area (Å²) in [4.78, 5) is 5.13. The van der Waals surface area contributed by atoms with Crippen molar-refractivity contribution in [3.63, 3.8) is 0 Å². The molecule has 0 bridgehead atoms. The van der Waals surface area contributed by atoms with Crippen molar-refractivity contribution in [3.8, 4) is 0 Å². The van der Waals surface area contributed by atoms with Gasteiger partial charge in [-0.3, -0.25) is 4.99 Å². The van der Waals surface area contributed by atoms with E-state index in [2.05, 4.69) is 94.1 Å². The van der Waals surface area contributed by atoms with Crippen LogP contribution in [0.4, 0.5) is 0 Å². The molecular formula is C30H35NO2. The largest absolute Gasteiger partial charge is 0.347 e. The molecule has 1 fully saturated rings. The van der Waals surface area contributed by atoms with E-state index >= 15 is 0 Å². The van der Waals surface area contributed by atoms with Gasteiger partial charge in [-0.25, -0.2) is 0 Å². The van der Waals surface area contributed by atoms with Crippen LogP contribution in [-0.2, 0) is 9.47 Å². The lowest BCUT2D eigenvalue weighted by molar-refractivity contribution is -0.202. The molecule has 1 aliphatic carbocycles. The molecule has 4 rings (SSSR count). The molecule has 0 saturated carbocycles. The fourth-order valence-corrected chi connectivity index (χ4v) is 4.86. The first-order chi connectivity index (χ1) is 16.0. The summed E-state index contributed by atoms with van der Waals surface area (Å²) in [6.45, 7) is 13.8. The molecule has 3 nitrogen and oxygen atoms in total. The fraction of sp³-hybridized carbons (Fsp3) is 0.367. The van der Waals surface area contributed by atoms with Crippen molar-refractivity contribution in [1.29, 1.82) is 0 Å². The number of aryl methyl sites for hydroxylation is 1. The number of rotatable bonds is 6. The van der Waals surface area contributed by atoms with E-state index in [1.807, 2.05) is 13.0 Å². The van der Waals surface area contributed by atoms with E-state index in [0.29, 0.717) is 19.1 Å². The number of nitrogens with zero attached hydrogens (tertiary/aromatic N) is 1. The van der Waals surface area contributed by atoms with Gasteiger partial charge < -0.3 is 9.47 Å². The van der Waals surface area contributed by atoms with E-state index < -0.39 is 6.29 Å². The van der Waals surface area contributed by atoms with Gasteiger partial charge in [-0.1, -0.05) is 98.9 Å². The van der Waals surface area contributed by atoms with Gasteiger partial charge in [0.1, 0.15) is 0 Å². The van der Waals surface area contributed by atoms with Crippen molar-refractivity contribution < 1.29 is 9.47 Å². The van der Waals surface area contributed by atoms with E-state index in [1.54, 1.807) is 0 Å². The first-order valence-corrected chi connectivity index (χ1v) is 11.9. The van der Waals surface area contributed by atoms with Crippen LogP contribution in [0, 0.1) is 24.2 Å². The maximum atomic E-state index is 6.36. The van der Waals surface area contributed by atoms with Gasteiger partial charge in [0.05, 0.1) is 24.6 Å². The van der Waals surface area contributed by atoms with Crippen LogP contribution in [0.15, 0.2) is 95.6 Å². The summed E-state index contributed by atoms with van der Waals surface area (Å²) in [5.41, 5.74) is 6.55. The highest BCUT2D eigenvalue weighted by molar-refractivity contribution is 6.03. The second-order valence-corrected chi connectivity index (χ2v) is 9.51. The zero-order chi connectivity index (χ0) is 23.4. The number of hydrogen-bond donors (Lipinski definition) is 0. The second-order valence-electron chi connectivity index (χ2n) is 9.51. The number of ether oxygens (including phenoxy) is 2. The van der Waals surface area contributed by atoms with Crippen molar-refractivity contribution >= 4 is 11.4 Å². The third-order valence-electron chi connectivity index (χ3n) is 6.90. The van der Waals surface area contributed by atoms with Crippen molar-refractivity contribution in [1.82, 2.24) is 0 Å². The predicted octanol–water partition coefficient (Wildman–Crippen LogP) is 7.00. The molecule has 0 amide bonds. The van der Waals surface area contributed by atoms with Gasteiger partial charge in [-0.15, -0.1) is 0 Å². The van der Waals surface area contributed by atoms with Gasteiger partial charge in [0.2, 0.25) is 0 Å². The smallest absolute Gasteiger partial charge is 0.197 e. The summed E-state index contributed by atoms with van der Waals surface area (Å²) in [7, 11) is 0. The second kappa shape index (κ2) is 10.0. The predicted molar refractivity (Wildman–Crippen MR) is 138 cm³/mol. The lowest BCUT2D eigenvalue weighted by atomic mass is 9.74. The molecule has 2 aliphatic heterocycles. The molecule has 172 valence electrons. The Hall–Kier alpha value is -2.75. The van der Waals surface area contributed by atoms with Crippen molar-refractivity contribution in [2.24, 2.45) is 22.2 Å². The Bertz CT molecular complexity index is 1060. The average Bonchev–Trinajstić information content (AvgIpc) is 3.17. The Morgan fingerprint density at radius 2 is 1.88 bits per heavy atom. The van der Waals surface area contributed by atoms with Gasteiger partial charge in [0, 0.05) is 16.9 Å². The van der Waals surface area contributed by atoms with Gasteiger partial charge in [-0.05, 0) is 37.3 Å². The summed E-state index contributed by atoms with van der Waals surface area (Å²) in [5.74, 6) is 0.510. The van der Waals surface area contributed by atoms with Gasteiger partial charge >= 0.3 is 0 Å². The van der Waals surface area contributed by atoms with Crippen LogP contribution in [0.2, 0.25) is 0 Å². The summed E-state index contributed by atoms with van der Waals surface area (Å²) in [6.07, 6.45) is 17.4. The molecular weight excluding hydrogens is 406 g/mol. The normalized spacial score (nSPS) is 30.2. The van der Waals surface area contributed by atoms with Gasteiger partial charge in [0.15, 0.2) is 6.29 Å². The van der Waals surface area contributed by atoms with Crippen LogP contribution in [-0.4, -0.2) is 25.2 Å².